The third-order valence-electron chi connectivity index (χ3n) is 5.46. The lowest BCUT2D eigenvalue weighted by atomic mass is 9.96. The smallest absolute Gasteiger partial charge is 0.263 e. The molecular formula is C23H26N2O3. The van der Waals surface area contributed by atoms with Gasteiger partial charge >= 0.3 is 0 Å². The van der Waals surface area contributed by atoms with Crippen molar-refractivity contribution in [1.29, 1.82) is 0 Å². The first-order valence-electron chi connectivity index (χ1n) is 10.0. The highest BCUT2D eigenvalue weighted by atomic mass is 16.5. The molecule has 0 spiro atoms. The first-order chi connectivity index (χ1) is 13.6. The van der Waals surface area contributed by atoms with Crippen LogP contribution >= 0.6 is 0 Å². The van der Waals surface area contributed by atoms with Crippen LogP contribution in [0.1, 0.15) is 44.1 Å². The molecule has 4 rings (SSSR count). The fourth-order valence-corrected chi connectivity index (χ4v) is 3.73. The summed E-state index contributed by atoms with van der Waals surface area (Å²) >= 11 is 0. The predicted molar refractivity (Wildman–Crippen MR) is 108 cm³/mol. The number of carbonyl (C=O) groups excluding carboxylic acids is 1. The molecule has 1 fully saturated rings. The summed E-state index contributed by atoms with van der Waals surface area (Å²) in [5, 5.41) is 0. The van der Waals surface area contributed by atoms with E-state index < -0.39 is 6.10 Å². The molecule has 5 heteroatoms. The number of amides is 1. The third-order valence-corrected chi connectivity index (χ3v) is 5.46. The number of oxazole rings is 1. The van der Waals surface area contributed by atoms with Crippen molar-refractivity contribution in [3.8, 4) is 5.75 Å². The Morgan fingerprint density at radius 1 is 1.18 bits per heavy atom. The van der Waals surface area contributed by atoms with Gasteiger partial charge in [0.05, 0.1) is 0 Å². The van der Waals surface area contributed by atoms with E-state index in [-0.39, 0.29) is 11.8 Å². The molecule has 3 aromatic rings. The second-order valence-corrected chi connectivity index (χ2v) is 7.38. The lowest BCUT2D eigenvalue weighted by Gasteiger charge is -2.32. The van der Waals surface area contributed by atoms with Gasteiger partial charge in [0, 0.05) is 19.0 Å². The Balaban J connectivity index is 1.33. The molecule has 0 bridgehead atoms. The molecule has 0 aliphatic carbocycles. The Morgan fingerprint density at radius 2 is 1.89 bits per heavy atom. The molecular weight excluding hydrogens is 352 g/mol. The van der Waals surface area contributed by atoms with Crippen molar-refractivity contribution in [1.82, 2.24) is 9.88 Å². The van der Waals surface area contributed by atoms with Crippen LogP contribution in [0.25, 0.3) is 11.1 Å². The van der Waals surface area contributed by atoms with Gasteiger partial charge in [-0.2, -0.15) is 0 Å². The summed E-state index contributed by atoms with van der Waals surface area (Å²) in [5.74, 6) is 1.82. The van der Waals surface area contributed by atoms with Crippen LogP contribution in [0.4, 0.5) is 0 Å². The molecule has 0 saturated carbocycles. The van der Waals surface area contributed by atoms with Gasteiger partial charge < -0.3 is 14.1 Å². The third kappa shape index (κ3) is 3.88. The SMILES string of the molecule is CCc1ccc(OC(C)C(=O)N2CCC(c3nc4ccccc4o3)CC2)cc1. The molecule has 1 atom stereocenters. The normalized spacial score (nSPS) is 16.3. The van der Waals surface area contributed by atoms with E-state index in [1.165, 1.54) is 5.56 Å². The number of aryl methyl sites for hydroxylation is 1. The van der Waals surface area contributed by atoms with Gasteiger partial charge in [0.25, 0.3) is 5.91 Å². The first-order valence-corrected chi connectivity index (χ1v) is 10.0. The van der Waals surface area contributed by atoms with Crippen LogP contribution in [0.15, 0.2) is 52.9 Å². The maximum atomic E-state index is 12.8. The first kappa shape index (κ1) is 18.5. The van der Waals surface area contributed by atoms with Gasteiger partial charge in [0.15, 0.2) is 17.6 Å². The summed E-state index contributed by atoms with van der Waals surface area (Å²) in [6, 6.07) is 15.8. The quantitative estimate of drug-likeness (QED) is 0.653. The lowest BCUT2D eigenvalue weighted by Crippen LogP contribution is -2.44. The second kappa shape index (κ2) is 8.05. The van der Waals surface area contributed by atoms with E-state index in [2.05, 4.69) is 11.9 Å². The highest BCUT2D eigenvalue weighted by molar-refractivity contribution is 5.81. The minimum Gasteiger partial charge on any atom is -0.481 e. The van der Waals surface area contributed by atoms with Gasteiger partial charge in [-0.05, 0) is 56.0 Å². The van der Waals surface area contributed by atoms with E-state index >= 15 is 0 Å². The molecule has 1 aromatic heterocycles. The average Bonchev–Trinajstić information content (AvgIpc) is 3.18. The lowest BCUT2D eigenvalue weighted by molar-refractivity contribution is -0.139. The van der Waals surface area contributed by atoms with Crippen molar-refractivity contribution >= 4 is 17.0 Å². The molecule has 2 heterocycles. The van der Waals surface area contributed by atoms with Gasteiger partial charge in [-0.25, -0.2) is 4.98 Å². The number of ether oxygens (including phenoxy) is 1. The number of aromatic nitrogens is 1. The van der Waals surface area contributed by atoms with E-state index in [4.69, 9.17) is 9.15 Å². The number of carbonyl (C=O) groups is 1. The van der Waals surface area contributed by atoms with E-state index in [0.29, 0.717) is 13.1 Å². The Kier molecular flexibility index (Phi) is 5.33. The summed E-state index contributed by atoms with van der Waals surface area (Å²) in [7, 11) is 0. The van der Waals surface area contributed by atoms with Crippen LogP contribution < -0.4 is 4.74 Å². The number of fused-ring (bicyclic) bond motifs is 1. The number of hydrogen-bond donors (Lipinski definition) is 0. The van der Waals surface area contributed by atoms with Crippen molar-refractivity contribution in [2.24, 2.45) is 0 Å². The number of benzene rings is 2. The Hall–Kier alpha value is -2.82. The van der Waals surface area contributed by atoms with Crippen LogP contribution in [-0.2, 0) is 11.2 Å². The zero-order chi connectivity index (χ0) is 19.5. The van der Waals surface area contributed by atoms with Crippen LogP contribution in [0.3, 0.4) is 0 Å². The summed E-state index contributed by atoms with van der Waals surface area (Å²) in [4.78, 5) is 19.3. The fourth-order valence-electron chi connectivity index (χ4n) is 3.73. The molecule has 28 heavy (non-hydrogen) atoms. The molecule has 146 valence electrons. The second-order valence-electron chi connectivity index (χ2n) is 7.38. The van der Waals surface area contributed by atoms with E-state index in [0.717, 1.165) is 42.0 Å². The Bertz CT molecular complexity index is 907. The summed E-state index contributed by atoms with van der Waals surface area (Å²) in [5.41, 5.74) is 2.98. The molecule has 1 saturated heterocycles. The molecule has 2 aromatic carbocycles. The molecule has 5 nitrogen and oxygen atoms in total. The summed E-state index contributed by atoms with van der Waals surface area (Å²) in [6.07, 6.45) is 2.21. The molecule has 0 N–H and O–H groups in total. The van der Waals surface area contributed by atoms with Gasteiger partial charge in [0.2, 0.25) is 0 Å². The van der Waals surface area contributed by atoms with Crippen molar-refractivity contribution in [2.75, 3.05) is 13.1 Å². The van der Waals surface area contributed by atoms with Crippen LogP contribution in [0.2, 0.25) is 0 Å². The van der Waals surface area contributed by atoms with Crippen molar-refractivity contribution < 1.29 is 13.9 Å². The standard InChI is InChI=1S/C23H26N2O3/c1-3-17-8-10-19(11-9-17)27-16(2)23(26)25-14-12-18(13-15-25)22-24-20-6-4-5-7-21(20)28-22/h4-11,16,18H,3,12-15H2,1-2H3. The van der Waals surface area contributed by atoms with E-state index in [1.54, 1.807) is 0 Å². The highest BCUT2D eigenvalue weighted by Crippen LogP contribution is 2.30. The van der Waals surface area contributed by atoms with Gasteiger partial charge in [-0.15, -0.1) is 0 Å². The highest BCUT2D eigenvalue weighted by Gasteiger charge is 2.29. The van der Waals surface area contributed by atoms with E-state index in [9.17, 15) is 4.79 Å². The van der Waals surface area contributed by atoms with Crippen molar-refractivity contribution in [3.63, 3.8) is 0 Å². The largest absolute Gasteiger partial charge is 0.481 e. The van der Waals surface area contributed by atoms with Gasteiger partial charge in [-0.3, -0.25) is 4.79 Å². The van der Waals surface area contributed by atoms with Gasteiger partial charge in [0.1, 0.15) is 11.3 Å². The zero-order valence-corrected chi connectivity index (χ0v) is 16.4. The van der Waals surface area contributed by atoms with Crippen molar-refractivity contribution in [2.45, 2.75) is 45.1 Å². The fraction of sp³-hybridized carbons (Fsp3) is 0.391. The maximum absolute atomic E-state index is 12.8. The predicted octanol–water partition coefficient (Wildman–Crippen LogP) is 4.56. The number of hydrogen-bond acceptors (Lipinski definition) is 4. The molecule has 1 aliphatic rings. The number of para-hydroxylation sites is 2. The maximum Gasteiger partial charge on any atom is 0.263 e. The topological polar surface area (TPSA) is 55.6 Å². The minimum absolute atomic E-state index is 0.0376. The molecule has 0 radical (unpaired) electrons. The summed E-state index contributed by atoms with van der Waals surface area (Å²) in [6.45, 7) is 5.34. The van der Waals surface area contributed by atoms with Crippen molar-refractivity contribution in [3.05, 3.63) is 60.0 Å². The average molecular weight is 378 g/mol. The molecule has 1 unspecified atom stereocenters. The number of piperidine rings is 1. The van der Waals surface area contributed by atoms with Crippen LogP contribution in [0, 0.1) is 0 Å². The molecule has 1 amide bonds. The Morgan fingerprint density at radius 3 is 2.57 bits per heavy atom. The monoisotopic (exact) mass is 378 g/mol. The number of nitrogens with zero attached hydrogens (tertiary/aromatic N) is 2. The Labute approximate surface area is 165 Å². The van der Waals surface area contributed by atoms with E-state index in [1.807, 2.05) is 60.4 Å². The minimum atomic E-state index is -0.492. The molecule has 1 aliphatic heterocycles. The summed E-state index contributed by atoms with van der Waals surface area (Å²) < 4.78 is 11.8. The number of likely N-dealkylation sites (tertiary alicyclic amines) is 1. The van der Waals surface area contributed by atoms with Crippen LogP contribution in [-0.4, -0.2) is 35.0 Å². The van der Waals surface area contributed by atoms with Gasteiger partial charge in [-0.1, -0.05) is 31.2 Å². The van der Waals surface area contributed by atoms with Crippen LogP contribution in [0.5, 0.6) is 5.75 Å². The zero-order valence-electron chi connectivity index (χ0n) is 16.4. The number of rotatable bonds is 5.